The molecule has 1 saturated heterocycles. The topological polar surface area (TPSA) is 68.2 Å². The molecule has 1 aromatic heterocycles. The highest BCUT2D eigenvalue weighted by Crippen LogP contribution is 2.20. The van der Waals surface area contributed by atoms with Gasteiger partial charge >= 0.3 is 0 Å². The number of aromatic nitrogens is 2. The molecule has 20 heavy (non-hydrogen) atoms. The zero-order valence-electron chi connectivity index (χ0n) is 11.8. The summed E-state index contributed by atoms with van der Waals surface area (Å²) in [6, 6.07) is 0.400. The summed E-state index contributed by atoms with van der Waals surface area (Å²) in [6.45, 7) is 3.19. The SMILES string of the molecule is CC1CCC(CNc2cnn(CC(=O)NC3CC3)c2)O1. The van der Waals surface area contributed by atoms with Gasteiger partial charge in [-0.25, -0.2) is 0 Å². The lowest BCUT2D eigenvalue weighted by atomic mass is 10.2. The van der Waals surface area contributed by atoms with Crippen LogP contribution in [0.5, 0.6) is 0 Å². The molecule has 2 unspecified atom stereocenters. The first-order chi connectivity index (χ1) is 9.69. The second kappa shape index (κ2) is 5.83. The van der Waals surface area contributed by atoms with E-state index in [1.807, 2.05) is 6.20 Å². The molecule has 2 heterocycles. The van der Waals surface area contributed by atoms with Crippen LogP contribution in [0.25, 0.3) is 0 Å². The first kappa shape index (κ1) is 13.4. The van der Waals surface area contributed by atoms with Crippen LogP contribution in [0.15, 0.2) is 12.4 Å². The van der Waals surface area contributed by atoms with Gasteiger partial charge in [-0.05, 0) is 32.6 Å². The van der Waals surface area contributed by atoms with Crippen molar-refractivity contribution >= 4 is 11.6 Å². The third kappa shape index (κ3) is 3.72. The predicted molar refractivity (Wildman–Crippen MR) is 75.5 cm³/mol. The summed E-state index contributed by atoms with van der Waals surface area (Å²) >= 11 is 0. The molecular formula is C14H22N4O2. The molecule has 2 N–H and O–H groups in total. The normalized spacial score (nSPS) is 25.6. The van der Waals surface area contributed by atoms with E-state index >= 15 is 0 Å². The van der Waals surface area contributed by atoms with Crippen LogP contribution >= 0.6 is 0 Å². The number of anilines is 1. The van der Waals surface area contributed by atoms with Crippen molar-refractivity contribution in [2.24, 2.45) is 0 Å². The number of hydrogen-bond donors (Lipinski definition) is 2. The number of carbonyl (C=O) groups is 1. The molecule has 6 nitrogen and oxygen atoms in total. The van der Waals surface area contributed by atoms with Crippen molar-refractivity contribution in [2.75, 3.05) is 11.9 Å². The summed E-state index contributed by atoms with van der Waals surface area (Å²) in [7, 11) is 0. The molecule has 0 spiro atoms. The molecular weight excluding hydrogens is 256 g/mol. The Bertz CT molecular complexity index is 469. The van der Waals surface area contributed by atoms with Crippen molar-refractivity contribution in [2.45, 2.75) is 57.4 Å². The fourth-order valence-corrected chi connectivity index (χ4v) is 2.46. The molecule has 2 atom stereocenters. The van der Waals surface area contributed by atoms with E-state index in [1.165, 1.54) is 0 Å². The third-order valence-electron chi connectivity index (χ3n) is 3.74. The van der Waals surface area contributed by atoms with Gasteiger partial charge in [0.05, 0.1) is 24.1 Å². The van der Waals surface area contributed by atoms with Crippen LogP contribution in [0.4, 0.5) is 5.69 Å². The maximum absolute atomic E-state index is 11.7. The van der Waals surface area contributed by atoms with E-state index in [2.05, 4.69) is 22.7 Å². The quantitative estimate of drug-likeness (QED) is 0.819. The molecule has 1 saturated carbocycles. The van der Waals surface area contributed by atoms with Crippen LogP contribution in [0.1, 0.15) is 32.6 Å². The van der Waals surface area contributed by atoms with E-state index < -0.39 is 0 Å². The van der Waals surface area contributed by atoms with Crippen LogP contribution < -0.4 is 10.6 Å². The number of carbonyl (C=O) groups excluding carboxylic acids is 1. The maximum Gasteiger partial charge on any atom is 0.241 e. The lowest BCUT2D eigenvalue weighted by Crippen LogP contribution is -2.29. The summed E-state index contributed by atoms with van der Waals surface area (Å²) in [4.78, 5) is 11.7. The Morgan fingerprint density at radius 2 is 2.30 bits per heavy atom. The molecule has 1 amide bonds. The van der Waals surface area contributed by atoms with Crippen molar-refractivity contribution in [3.05, 3.63) is 12.4 Å². The Kier molecular flexibility index (Phi) is 3.91. The van der Waals surface area contributed by atoms with E-state index in [-0.39, 0.29) is 18.6 Å². The third-order valence-corrected chi connectivity index (χ3v) is 3.74. The minimum absolute atomic E-state index is 0.0371. The van der Waals surface area contributed by atoms with Gasteiger partial charge in [-0.2, -0.15) is 5.10 Å². The van der Waals surface area contributed by atoms with Crippen molar-refractivity contribution in [1.82, 2.24) is 15.1 Å². The maximum atomic E-state index is 11.7. The van der Waals surface area contributed by atoms with Gasteiger partial charge in [-0.3, -0.25) is 9.48 Å². The number of rotatable bonds is 6. The highest BCUT2D eigenvalue weighted by Gasteiger charge is 2.23. The molecule has 2 fully saturated rings. The van der Waals surface area contributed by atoms with Gasteiger partial charge in [0.1, 0.15) is 6.54 Å². The van der Waals surface area contributed by atoms with E-state index in [4.69, 9.17) is 4.74 Å². The summed E-state index contributed by atoms with van der Waals surface area (Å²) in [6.07, 6.45) is 8.73. The number of nitrogens with one attached hydrogen (secondary N) is 2. The first-order valence-electron chi connectivity index (χ1n) is 7.40. The van der Waals surface area contributed by atoms with Crippen molar-refractivity contribution in [1.29, 1.82) is 0 Å². The van der Waals surface area contributed by atoms with Crippen LogP contribution in [0.2, 0.25) is 0 Å². The van der Waals surface area contributed by atoms with E-state index in [9.17, 15) is 4.79 Å². The standard InChI is InChI=1S/C14H22N4O2/c1-10-2-5-13(20-10)7-15-12-6-16-18(8-12)9-14(19)17-11-3-4-11/h6,8,10-11,13,15H,2-5,7,9H2,1H3,(H,17,19). The van der Waals surface area contributed by atoms with E-state index in [1.54, 1.807) is 10.9 Å². The van der Waals surface area contributed by atoms with E-state index in [0.29, 0.717) is 12.1 Å². The smallest absolute Gasteiger partial charge is 0.241 e. The average molecular weight is 278 g/mol. The Morgan fingerprint density at radius 3 is 3.00 bits per heavy atom. The lowest BCUT2D eigenvalue weighted by molar-refractivity contribution is -0.122. The average Bonchev–Trinajstić information content (AvgIpc) is 2.94. The monoisotopic (exact) mass is 278 g/mol. The fourth-order valence-electron chi connectivity index (χ4n) is 2.46. The van der Waals surface area contributed by atoms with E-state index in [0.717, 1.165) is 37.9 Å². The lowest BCUT2D eigenvalue weighted by Gasteiger charge is -2.11. The van der Waals surface area contributed by atoms with Crippen molar-refractivity contribution in [3.63, 3.8) is 0 Å². The fraction of sp³-hybridized carbons (Fsp3) is 0.714. The second-order valence-electron chi connectivity index (χ2n) is 5.80. The highest BCUT2D eigenvalue weighted by atomic mass is 16.5. The van der Waals surface area contributed by atoms with Crippen LogP contribution in [0.3, 0.4) is 0 Å². The summed E-state index contributed by atoms with van der Waals surface area (Å²) in [5.41, 5.74) is 0.937. The molecule has 0 bridgehead atoms. The van der Waals surface area contributed by atoms with Gasteiger partial charge in [-0.1, -0.05) is 0 Å². The Balaban J connectivity index is 1.42. The van der Waals surface area contributed by atoms with Crippen LogP contribution in [-0.2, 0) is 16.1 Å². The number of ether oxygens (including phenoxy) is 1. The van der Waals surface area contributed by atoms with Gasteiger partial charge in [-0.15, -0.1) is 0 Å². The van der Waals surface area contributed by atoms with Crippen molar-refractivity contribution < 1.29 is 9.53 Å². The summed E-state index contributed by atoms with van der Waals surface area (Å²) in [5, 5.41) is 10.5. The highest BCUT2D eigenvalue weighted by molar-refractivity contribution is 5.76. The zero-order chi connectivity index (χ0) is 13.9. The predicted octanol–water partition coefficient (Wildman–Crippen LogP) is 1.14. The minimum atomic E-state index is 0.0371. The second-order valence-corrected chi connectivity index (χ2v) is 5.80. The largest absolute Gasteiger partial charge is 0.380 e. The Labute approximate surface area is 118 Å². The van der Waals surface area contributed by atoms with Gasteiger partial charge in [0.25, 0.3) is 0 Å². The Hall–Kier alpha value is -1.56. The molecule has 0 aromatic carbocycles. The van der Waals surface area contributed by atoms with Crippen molar-refractivity contribution in [3.8, 4) is 0 Å². The molecule has 3 rings (SSSR count). The molecule has 1 aliphatic heterocycles. The first-order valence-corrected chi connectivity index (χ1v) is 7.40. The van der Waals surface area contributed by atoms with Gasteiger partial charge < -0.3 is 15.4 Å². The number of hydrogen-bond acceptors (Lipinski definition) is 4. The summed E-state index contributed by atoms with van der Waals surface area (Å²) in [5.74, 6) is 0.0371. The van der Waals surface area contributed by atoms with Crippen LogP contribution in [0, 0.1) is 0 Å². The molecule has 2 aliphatic rings. The molecule has 110 valence electrons. The minimum Gasteiger partial charge on any atom is -0.380 e. The Morgan fingerprint density at radius 1 is 1.45 bits per heavy atom. The summed E-state index contributed by atoms with van der Waals surface area (Å²) < 4.78 is 7.42. The molecule has 1 aliphatic carbocycles. The molecule has 6 heteroatoms. The molecule has 0 radical (unpaired) electrons. The number of amides is 1. The zero-order valence-corrected chi connectivity index (χ0v) is 11.8. The van der Waals surface area contributed by atoms with Gasteiger partial charge in [0, 0.05) is 18.8 Å². The van der Waals surface area contributed by atoms with Crippen LogP contribution in [-0.4, -0.2) is 40.5 Å². The van der Waals surface area contributed by atoms with Gasteiger partial charge in [0.2, 0.25) is 5.91 Å². The number of nitrogens with zero attached hydrogens (tertiary/aromatic N) is 2. The molecule has 1 aromatic rings. The van der Waals surface area contributed by atoms with Gasteiger partial charge in [0.15, 0.2) is 0 Å².